The maximum atomic E-state index is 13.9. The minimum absolute atomic E-state index is 0.0776. The van der Waals surface area contributed by atoms with Crippen LogP contribution in [0.3, 0.4) is 0 Å². The number of primary amides is 1. The Hall–Kier alpha value is -3.81. The molecular weight excluding hydrogens is 553 g/mol. The van der Waals surface area contributed by atoms with Crippen molar-refractivity contribution in [3.63, 3.8) is 0 Å². The molecule has 10 heteroatoms. The molecule has 0 aromatic heterocycles. The molecule has 0 radical (unpaired) electrons. The van der Waals surface area contributed by atoms with Gasteiger partial charge in [0.1, 0.15) is 18.6 Å². The average Bonchev–Trinajstić information content (AvgIpc) is 3.24. The summed E-state index contributed by atoms with van der Waals surface area (Å²) in [7, 11) is -1.30. The van der Waals surface area contributed by atoms with Crippen LogP contribution < -0.4 is 5.73 Å². The smallest absolute Gasteiger partial charge is 0.255 e. The van der Waals surface area contributed by atoms with Crippen molar-refractivity contribution in [1.82, 2.24) is 9.80 Å². The molecule has 0 bridgehead atoms. The molecule has 1 atom stereocenters. The van der Waals surface area contributed by atoms with Crippen LogP contribution in [-0.2, 0) is 27.3 Å². The van der Waals surface area contributed by atoms with E-state index in [0.29, 0.717) is 38.0 Å². The standard InChI is InChI=1S/C32H38FN3O5Si/c1-42(2,3)17-16-41-21-36-29(37)15-14-28(32(36)40)35-20-24-18-22(10-12-25(24)31(35)39)8-6-4-5-7-9-23-11-13-26(30(34)38)27(33)19-23/h10-13,18-19,28H,4-5,7,9,14-17,20-21H2,1-3H3,(H2,34,38). The Kier molecular flexibility index (Phi) is 9.96. The first-order valence-corrected chi connectivity index (χ1v) is 18.1. The number of nitrogens with two attached hydrogens (primary N) is 1. The number of amides is 4. The number of aryl methyl sites for hydroxylation is 1. The highest BCUT2D eigenvalue weighted by Gasteiger charge is 2.42. The predicted molar refractivity (Wildman–Crippen MR) is 160 cm³/mol. The van der Waals surface area contributed by atoms with Crippen LogP contribution in [0, 0.1) is 17.7 Å². The third kappa shape index (κ3) is 7.72. The Morgan fingerprint density at radius 2 is 1.90 bits per heavy atom. The maximum absolute atomic E-state index is 13.9. The van der Waals surface area contributed by atoms with Crippen molar-refractivity contribution in [2.45, 2.75) is 76.8 Å². The van der Waals surface area contributed by atoms with Gasteiger partial charge >= 0.3 is 0 Å². The number of ether oxygens (including phenoxy) is 1. The monoisotopic (exact) mass is 591 g/mol. The highest BCUT2D eigenvalue weighted by atomic mass is 28.3. The second-order valence-corrected chi connectivity index (χ2v) is 17.7. The Morgan fingerprint density at radius 1 is 1.12 bits per heavy atom. The summed E-state index contributed by atoms with van der Waals surface area (Å²) in [6.07, 6.45) is 3.46. The SMILES string of the molecule is C[Si](C)(C)CCOCN1C(=O)CCC(N2Cc3cc(C#CCCCCc4ccc(C(N)=O)c(F)c4)ccc3C2=O)C1=O. The zero-order chi connectivity index (χ0) is 30.4. The van der Waals surface area contributed by atoms with Crippen molar-refractivity contribution in [1.29, 1.82) is 0 Å². The van der Waals surface area contributed by atoms with E-state index >= 15 is 0 Å². The first-order chi connectivity index (χ1) is 19.9. The second-order valence-electron chi connectivity index (χ2n) is 12.1. The van der Waals surface area contributed by atoms with Gasteiger partial charge in [-0.1, -0.05) is 37.5 Å². The Balaban J connectivity index is 1.29. The van der Waals surface area contributed by atoms with Gasteiger partial charge < -0.3 is 15.4 Å². The molecule has 0 aliphatic carbocycles. The molecule has 42 heavy (non-hydrogen) atoms. The topological polar surface area (TPSA) is 110 Å². The van der Waals surface area contributed by atoms with Crippen molar-refractivity contribution < 1.29 is 28.3 Å². The van der Waals surface area contributed by atoms with Crippen LogP contribution in [0.1, 0.15) is 69.5 Å². The highest BCUT2D eigenvalue weighted by Crippen LogP contribution is 2.30. The predicted octanol–water partition coefficient (Wildman–Crippen LogP) is 4.47. The van der Waals surface area contributed by atoms with Crippen LogP contribution in [0.25, 0.3) is 0 Å². The molecule has 1 fully saturated rings. The summed E-state index contributed by atoms with van der Waals surface area (Å²) in [6, 6.07) is 10.2. The number of fused-ring (bicyclic) bond motifs is 1. The lowest BCUT2D eigenvalue weighted by Gasteiger charge is -2.35. The molecule has 1 unspecified atom stereocenters. The Bertz CT molecular complexity index is 1440. The normalized spacial score (nSPS) is 16.9. The molecule has 2 aromatic rings. The number of hydrogen-bond acceptors (Lipinski definition) is 5. The number of halogens is 1. The number of carbonyl (C=O) groups is 4. The van der Waals surface area contributed by atoms with Crippen molar-refractivity contribution >= 4 is 31.7 Å². The fourth-order valence-electron chi connectivity index (χ4n) is 5.07. The van der Waals surface area contributed by atoms with Gasteiger partial charge in [0.05, 0.1) is 5.56 Å². The number of rotatable bonds is 11. The van der Waals surface area contributed by atoms with E-state index in [1.807, 2.05) is 6.07 Å². The van der Waals surface area contributed by atoms with E-state index < -0.39 is 25.8 Å². The summed E-state index contributed by atoms with van der Waals surface area (Å²) >= 11 is 0. The van der Waals surface area contributed by atoms with Crippen LogP contribution in [0.5, 0.6) is 0 Å². The second kappa shape index (κ2) is 13.4. The Labute approximate surface area is 247 Å². The van der Waals surface area contributed by atoms with Crippen molar-refractivity contribution in [2.75, 3.05) is 13.3 Å². The van der Waals surface area contributed by atoms with Gasteiger partial charge in [-0.2, -0.15) is 0 Å². The summed E-state index contributed by atoms with van der Waals surface area (Å²) < 4.78 is 19.6. The van der Waals surface area contributed by atoms with Gasteiger partial charge in [-0.05, 0) is 73.2 Å². The largest absolute Gasteiger partial charge is 0.366 e. The van der Waals surface area contributed by atoms with Gasteiger partial charge in [0.15, 0.2) is 0 Å². The minimum atomic E-state index is -1.30. The van der Waals surface area contributed by atoms with Gasteiger partial charge in [0, 0.05) is 45.2 Å². The summed E-state index contributed by atoms with van der Waals surface area (Å²) in [4.78, 5) is 52.8. The number of likely N-dealkylation sites (tertiary alicyclic amines) is 1. The lowest BCUT2D eigenvalue weighted by molar-refractivity contribution is -0.158. The van der Waals surface area contributed by atoms with E-state index in [-0.39, 0.29) is 36.4 Å². The van der Waals surface area contributed by atoms with Gasteiger partial charge in [-0.25, -0.2) is 4.39 Å². The van der Waals surface area contributed by atoms with Crippen LogP contribution in [-0.4, -0.2) is 60.9 Å². The molecule has 0 saturated carbocycles. The van der Waals surface area contributed by atoms with Crippen LogP contribution in [0.2, 0.25) is 25.7 Å². The van der Waals surface area contributed by atoms with Gasteiger partial charge in [-0.15, -0.1) is 0 Å². The Morgan fingerprint density at radius 3 is 2.62 bits per heavy atom. The molecule has 2 aromatic carbocycles. The molecule has 2 aliphatic rings. The fourth-order valence-corrected chi connectivity index (χ4v) is 5.83. The molecule has 8 nitrogen and oxygen atoms in total. The highest BCUT2D eigenvalue weighted by molar-refractivity contribution is 6.76. The third-order valence-corrected chi connectivity index (χ3v) is 9.27. The number of piperidine rings is 1. The summed E-state index contributed by atoms with van der Waals surface area (Å²) in [6.45, 7) is 7.43. The van der Waals surface area contributed by atoms with E-state index in [2.05, 4.69) is 31.5 Å². The fraction of sp³-hybridized carbons (Fsp3) is 0.438. The molecule has 4 rings (SSSR count). The van der Waals surface area contributed by atoms with E-state index in [1.165, 1.54) is 12.1 Å². The number of imide groups is 1. The van der Waals surface area contributed by atoms with Crippen LogP contribution >= 0.6 is 0 Å². The molecule has 2 N–H and O–H groups in total. The first-order valence-electron chi connectivity index (χ1n) is 14.4. The van der Waals surface area contributed by atoms with Crippen molar-refractivity contribution in [2.24, 2.45) is 5.73 Å². The molecule has 4 amide bonds. The number of unbranched alkanes of at least 4 members (excludes halogenated alkanes) is 2. The maximum Gasteiger partial charge on any atom is 0.255 e. The lowest BCUT2D eigenvalue weighted by Crippen LogP contribution is -2.55. The quantitative estimate of drug-likeness (QED) is 0.179. The minimum Gasteiger partial charge on any atom is -0.366 e. The molecular formula is C32H38FN3O5Si. The van der Waals surface area contributed by atoms with Gasteiger partial charge in [0.2, 0.25) is 5.91 Å². The zero-order valence-electron chi connectivity index (χ0n) is 24.5. The number of nitrogens with zero attached hydrogens (tertiary/aromatic N) is 2. The van der Waals surface area contributed by atoms with E-state index in [4.69, 9.17) is 10.5 Å². The van der Waals surface area contributed by atoms with Crippen LogP contribution in [0.4, 0.5) is 4.39 Å². The number of benzene rings is 2. The number of carbonyl (C=O) groups excluding carboxylic acids is 4. The zero-order valence-corrected chi connectivity index (χ0v) is 25.5. The van der Waals surface area contributed by atoms with Gasteiger partial charge in [-0.3, -0.25) is 24.1 Å². The van der Waals surface area contributed by atoms with E-state index in [1.54, 1.807) is 23.1 Å². The van der Waals surface area contributed by atoms with E-state index in [0.717, 1.165) is 40.5 Å². The first kappa shape index (κ1) is 31.1. The van der Waals surface area contributed by atoms with E-state index in [9.17, 15) is 23.6 Å². The molecule has 1 saturated heterocycles. The van der Waals surface area contributed by atoms with Crippen molar-refractivity contribution in [3.05, 3.63) is 70.0 Å². The summed E-state index contributed by atoms with van der Waals surface area (Å²) in [5.41, 5.74) is 8.00. The summed E-state index contributed by atoms with van der Waals surface area (Å²) in [5, 5.41) is 0. The molecule has 2 aliphatic heterocycles. The van der Waals surface area contributed by atoms with Crippen LogP contribution in [0.15, 0.2) is 36.4 Å². The molecule has 2 heterocycles. The molecule has 222 valence electrons. The average molecular weight is 592 g/mol. The third-order valence-electron chi connectivity index (χ3n) is 7.56. The van der Waals surface area contributed by atoms with Gasteiger partial charge in [0.25, 0.3) is 17.7 Å². The summed E-state index contributed by atoms with van der Waals surface area (Å²) in [5.74, 6) is 4.06. The van der Waals surface area contributed by atoms with Crippen molar-refractivity contribution in [3.8, 4) is 11.8 Å². The molecule has 0 spiro atoms. The lowest BCUT2D eigenvalue weighted by atomic mass is 10.0. The number of hydrogen-bond donors (Lipinski definition) is 1.